The van der Waals surface area contributed by atoms with Gasteiger partial charge in [0.2, 0.25) is 5.95 Å². The van der Waals surface area contributed by atoms with Crippen molar-refractivity contribution < 1.29 is 0 Å². The molecule has 1 aliphatic heterocycles. The molecule has 3 aromatic heterocycles. The van der Waals surface area contributed by atoms with Gasteiger partial charge in [-0.15, -0.1) is 0 Å². The van der Waals surface area contributed by atoms with E-state index in [0.717, 1.165) is 46.9 Å². The number of hydrogen-bond acceptors (Lipinski definition) is 6. The third-order valence-electron chi connectivity index (χ3n) is 5.15. The molecule has 4 heterocycles. The zero-order valence-corrected chi connectivity index (χ0v) is 16.1. The maximum atomic E-state index is 4.84. The predicted molar refractivity (Wildman–Crippen MR) is 115 cm³/mol. The molecule has 2 N–H and O–H groups in total. The van der Waals surface area contributed by atoms with Gasteiger partial charge in [0.25, 0.3) is 0 Å². The summed E-state index contributed by atoms with van der Waals surface area (Å²) in [5, 5.41) is 6.75. The Morgan fingerprint density at radius 3 is 2.76 bits per heavy atom. The Bertz CT molecular complexity index is 1190. The van der Waals surface area contributed by atoms with Gasteiger partial charge < -0.3 is 10.6 Å². The van der Waals surface area contributed by atoms with Gasteiger partial charge in [-0.2, -0.15) is 0 Å². The number of hydrogen-bond donors (Lipinski definition) is 2. The van der Waals surface area contributed by atoms with Crippen molar-refractivity contribution >= 4 is 17.5 Å². The molecule has 0 bridgehead atoms. The Labute approximate surface area is 169 Å². The van der Waals surface area contributed by atoms with E-state index in [4.69, 9.17) is 4.98 Å². The quantitative estimate of drug-likeness (QED) is 0.474. The zero-order chi connectivity index (χ0) is 19.6. The summed E-state index contributed by atoms with van der Waals surface area (Å²) in [5.41, 5.74) is 7.31. The third kappa shape index (κ3) is 3.29. The molecule has 0 saturated heterocycles. The Morgan fingerprint density at radius 2 is 1.83 bits per heavy atom. The zero-order valence-electron chi connectivity index (χ0n) is 16.1. The van der Waals surface area contributed by atoms with E-state index in [0.29, 0.717) is 5.95 Å². The summed E-state index contributed by atoms with van der Waals surface area (Å²) < 4.78 is 0. The Morgan fingerprint density at radius 1 is 0.897 bits per heavy atom. The van der Waals surface area contributed by atoms with Crippen molar-refractivity contribution in [1.82, 2.24) is 19.9 Å². The van der Waals surface area contributed by atoms with E-state index in [-0.39, 0.29) is 0 Å². The van der Waals surface area contributed by atoms with Gasteiger partial charge in [0.1, 0.15) is 5.82 Å². The molecule has 29 heavy (non-hydrogen) atoms. The molecule has 142 valence electrons. The summed E-state index contributed by atoms with van der Waals surface area (Å²) in [5.74, 6) is 1.38. The normalized spacial score (nSPS) is 11.5. The molecule has 0 fully saturated rings. The maximum Gasteiger partial charge on any atom is 0.223 e. The monoisotopic (exact) mass is 380 g/mol. The molecule has 6 heteroatoms. The van der Waals surface area contributed by atoms with Crippen molar-refractivity contribution in [1.29, 1.82) is 0 Å². The van der Waals surface area contributed by atoms with Gasteiger partial charge in [0.15, 0.2) is 0 Å². The van der Waals surface area contributed by atoms with E-state index in [9.17, 15) is 0 Å². The molecule has 0 unspecified atom stereocenters. The van der Waals surface area contributed by atoms with Crippen LogP contribution in [0.3, 0.4) is 0 Å². The van der Waals surface area contributed by atoms with Gasteiger partial charge >= 0.3 is 0 Å². The van der Waals surface area contributed by atoms with Gasteiger partial charge in [-0.3, -0.25) is 4.98 Å². The average molecular weight is 380 g/mol. The van der Waals surface area contributed by atoms with E-state index in [1.54, 1.807) is 18.6 Å². The van der Waals surface area contributed by atoms with Crippen molar-refractivity contribution in [3.63, 3.8) is 0 Å². The van der Waals surface area contributed by atoms with Crippen LogP contribution in [0.4, 0.5) is 17.5 Å². The van der Waals surface area contributed by atoms with Gasteiger partial charge in [-0.1, -0.05) is 24.3 Å². The molecule has 0 saturated carbocycles. The topological polar surface area (TPSA) is 75.6 Å². The molecular formula is C23H20N6. The van der Waals surface area contributed by atoms with Crippen LogP contribution >= 0.6 is 0 Å². The van der Waals surface area contributed by atoms with E-state index in [1.165, 1.54) is 11.1 Å². The highest BCUT2D eigenvalue weighted by Gasteiger charge is 2.21. The van der Waals surface area contributed by atoms with Gasteiger partial charge in [0, 0.05) is 41.8 Å². The van der Waals surface area contributed by atoms with Gasteiger partial charge in [0.05, 0.1) is 17.6 Å². The Balaban J connectivity index is 1.49. The first-order valence-electron chi connectivity index (χ1n) is 9.62. The minimum Gasteiger partial charge on any atom is -0.354 e. The van der Waals surface area contributed by atoms with Crippen LogP contribution in [0.5, 0.6) is 0 Å². The van der Waals surface area contributed by atoms with Crippen molar-refractivity contribution in [2.45, 2.75) is 13.3 Å². The fraction of sp³-hybridized carbons (Fsp3) is 0.130. The molecule has 0 atom stereocenters. The van der Waals surface area contributed by atoms with Crippen molar-refractivity contribution in [2.75, 3.05) is 17.2 Å². The molecule has 1 aliphatic rings. The number of aromatic nitrogens is 4. The number of rotatable bonds is 4. The lowest BCUT2D eigenvalue weighted by atomic mass is 10.0. The summed E-state index contributed by atoms with van der Waals surface area (Å²) in [6, 6.07) is 14.4. The molecule has 0 radical (unpaired) electrons. The number of aryl methyl sites for hydroxylation is 1. The minimum atomic E-state index is 0.615. The summed E-state index contributed by atoms with van der Waals surface area (Å²) in [4.78, 5) is 18.1. The summed E-state index contributed by atoms with van der Waals surface area (Å²) in [7, 11) is 0. The smallest absolute Gasteiger partial charge is 0.223 e. The van der Waals surface area contributed by atoms with Crippen molar-refractivity contribution in [2.24, 2.45) is 0 Å². The van der Waals surface area contributed by atoms with Crippen LogP contribution < -0.4 is 10.6 Å². The lowest BCUT2D eigenvalue weighted by Crippen LogP contribution is -2.09. The first-order chi connectivity index (χ1) is 14.3. The number of anilines is 3. The van der Waals surface area contributed by atoms with Gasteiger partial charge in [-0.05, 0) is 42.7 Å². The molecule has 1 aromatic carbocycles. The molecule has 5 rings (SSSR count). The van der Waals surface area contributed by atoms with Crippen LogP contribution in [-0.4, -0.2) is 26.5 Å². The summed E-state index contributed by atoms with van der Waals surface area (Å²) in [6.45, 7) is 2.90. The predicted octanol–water partition coefficient (Wildman–Crippen LogP) is 4.62. The minimum absolute atomic E-state index is 0.615. The van der Waals surface area contributed by atoms with E-state index in [2.05, 4.69) is 56.8 Å². The first kappa shape index (κ1) is 17.3. The van der Waals surface area contributed by atoms with E-state index >= 15 is 0 Å². The highest BCUT2D eigenvalue weighted by atomic mass is 15.1. The van der Waals surface area contributed by atoms with Crippen LogP contribution in [0, 0.1) is 6.92 Å². The average Bonchev–Trinajstić information content (AvgIpc) is 2.89. The van der Waals surface area contributed by atoms with E-state index < -0.39 is 0 Å². The SMILES string of the molecule is Cc1ccccc1CCNc1ncc2c(n1)-c1cccnc1Nc1cnccc1-2. The van der Waals surface area contributed by atoms with Crippen LogP contribution in [0.15, 0.2) is 67.3 Å². The first-order valence-corrected chi connectivity index (χ1v) is 9.62. The Hall–Kier alpha value is -3.80. The molecule has 6 nitrogen and oxygen atoms in total. The van der Waals surface area contributed by atoms with Crippen molar-refractivity contribution in [3.8, 4) is 22.4 Å². The second-order valence-corrected chi connectivity index (χ2v) is 7.00. The number of fused-ring (bicyclic) bond motifs is 5. The molecule has 0 aliphatic carbocycles. The number of benzene rings is 1. The van der Waals surface area contributed by atoms with Crippen LogP contribution in [0.2, 0.25) is 0 Å². The van der Waals surface area contributed by atoms with Crippen LogP contribution in [-0.2, 0) is 6.42 Å². The Kier molecular flexibility index (Phi) is 4.37. The molecule has 0 spiro atoms. The molecule has 4 aromatic rings. The highest BCUT2D eigenvalue weighted by Crippen LogP contribution is 2.41. The van der Waals surface area contributed by atoms with Crippen LogP contribution in [0.1, 0.15) is 11.1 Å². The maximum absolute atomic E-state index is 4.84. The van der Waals surface area contributed by atoms with Crippen LogP contribution in [0.25, 0.3) is 22.4 Å². The number of pyridine rings is 2. The van der Waals surface area contributed by atoms with Gasteiger partial charge in [-0.25, -0.2) is 15.0 Å². The molecule has 0 amide bonds. The fourth-order valence-electron chi connectivity index (χ4n) is 3.62. The standard InChI is InChI=1S/C23H20N6/c1-15-5-2-3-6-16(15)8-12-26-23-27-13-19-17-9-11-24-14-20(17)28-22-18(21(19)29-23)7-4-10-25-22/h2-7,9-11,13-14H,8,12H2,1H3,(H,25,28)(H,26,27,29). The summed E-state index contributed by atoms with van der Waals surface area (Å²) >= 11 is 0. The fourth-order valence-corrected chi connectivity index (χ4v) is 3.62. The third-order valence-corrected chi connectivity index (χ3v) is 5.15. The highest BCUT2D eigenvalue weighted by molar-refractivity contribution is 5.95. The largest absolute Gasteiger partial charge is 0.354 e. The molecular weight excluding hydrogens is 360 g/mol. The number of nitrogens with one attached hydrogen (secondary N) is 2. The van der Waals surface area contributed by atoms with E-state index in [1.807, 2.05) is 24.4 Å². The lowest BCUT2D eigenvalue weighted by molar-refractivity contribution is 0.975. The van der Waals surface area contributed by atoms with Crippen molar-refractivity contribution in [3.05, 3.63) is 78.4 Å². The second-order valence-electron chi connectivity index (χ2n) is 7.00. The summed E-state index contributed by atoms with van der Waals surface area (Å²) in [6.07, 6.45) is 8.15. The second kappa shape index (κ2) is 7.31. The number of nitrogens with zero attached hydrogens (tertiary/aromatic N) is 4. The lowest BCUT2D eigenvalue weighted by Gasteiger charge is -2.11.